The van der Waals surface area contributed by atoms with Gasteiger partial charge in [0.1, 0.15) is 11.6 Å². The number of aromatic carboxylic acids is 1. The average molecular weight is 415 g/mol. The van der Waals surface area contributed by atoms with Crippen molar-refractivity contribution in [2.45, 2.75) is 13.8 Å². The number of benzene rings is 2. The summed E-state index contributed by atoms with van der Waals surface area (Å²) in [4.78, 5) is 23.5. The molecular formula is C21H19ClN2O5. The molecule has 0 saturated carbocycles. The Kier molecular flexibility index (Phi) is 7.63. The number of carbonyl (C=O) groups excluding carboxylic acids is 1. The first-order valence-corrected chi connectivity index (χ1v) is 9.13. The standard InChI is InChI=1S/C21H19ClN2O5/c1-3-28-18-10-14(17(22)11-19(18)29-4-2)8-15(12-23)20(25)24-16-7-5-6-13(9-16)21(26)27/h5-11H,3-4H2,1-2H3,(H,24,25)(H,26,27)/b15-8-. The van der Waals surface area contributed by atoms with E-state index in [0.29, 0.717) is 30.3 Å². The fourth-order valence-electron chi connectivity index (χ4n) is 2.43. The predicted molar refractivity (Wildman–Crippen MR) is 109 cm³/mol. The summed E-state index contributed by atoms with van der Waals surface area (Å²) in [6, 6.07) is 10.7. The molecule has 2 rings (SSSR count). The third kappa shape index (κ3) is 5.74. The number of amides is 1. The van der Waals surface area contributed by atoms with E-state index in [9.17, 15) is 14.9 Å². The molecule has 0 saturated heterocycles. The SMILES string of the molecule is CCOc1cc(Cl)c(/C=C(/C#N)C(=O)Nc2cccc(C(=O)O)c2)cc1OCC. The van der Waals surface area contributed by atoms with Crippen molar-refractivity contribution >= 4 is 35.2 Å². The molecule has 0 spiro atoms. The molecule has 8 heteroatoms. The lowest BCUT2D eigenvalue weighted by Gasteiger charge is -2.13. The summed E-state index contributed by atoms with van der Waals surface area (Å²) in [5, 5.41) is 21.2. The number of nitrogens with zero attached hydrogens (tertiary/aromatic N) is 1. The Hall–Kier alpha value is -3.50. The lowest BCUT2D eigenvalue weighted by Crippen LogP contribution is -2.14. The molecule has 0 aromatic heterocycles. The van der Waals surface area contributed by atoms with Crippen molar-refractivity contribution in [2.24, 2.45) is 0 Å². The molecule has 0 fully saturated rings. The van der Waals surface area contributed by atoms with Crippen LogP contribution in [0.2, 0.25) is 5.02 Å². The highest BCUT2D eigenvalue weighted by Gasteiger charge is 2.15. The monoisotopic (exact) mass is 414 g/mol. The zero-order valence-corrected chi connectivity index (χ0v) is 16.6. The van der Waals surface area contributed by atoms with Gasteiger partial charge in [-0.25, -0.2) is 4.79 Å². The Balaban J connectivity index is 2.34. The van der Waals surface area contributed by atoms with Gasteiger partial charge in [0.2, 0.25) is 0 Å². The van der Waals surface area contributed by atoms with Crippen molar-refractivity contribution < 1.29 is 24.2 Å². The van der Waals surface area contributed by atoms with Crippen LogP contribution in [-0.2, 0) is 4.79 Å². The minimum Gasteiger partial charge on any atom is -0.490 e. The molecule has 0 bridgehead atoms. The molecule has 0 aliphatic carbocycles. The third-order valence-corrected chi connectivity index (χ3v) is 4.02. The van der Waals surface area contributed by atoms with Gasteiger partial charge in [-0.05, 0) is 49.8 Å². The van der Waals surface area contributed by atoms with Crippen LogP contribution in [0.3, 0.4) is 0 Å². The molecule has 2 aromatic carbocycles. The summed E-state index contributed by atoms with van der Waals surface area (Å²) in [7, 11) is 0. The van der Waals surface area contributed by atoms with E-state index < -0.39 is 11.9 Å². The van der Waals surface area contributed by atoms with Crippen molar-refractivity contribution in [1.82, 2.24) is 0 Å². The number of ether oxygens (including phenoxy) is 2. The van der Waals surface area contributed by atoms with Crippen LogP contribution in [0.4, 0.5) is 5.69 Å². The molecule has 0 aliphatic heterocycles. The fraction of sp³-hybridized carbons (Fsp3) is 0.190. The summed E-state index contributed by atoms with van der Waals surface area (Å²) in [6.45, 7) is 4.47. The summed E-state index contributed by atoms with van der Waals surface area (Å²) in [6.07, 6.45) is 1.33. The Morgan fingerprint density at radius 1 is 1.17 bits per heavy atom. The van der Waals surface area contributed by atoms with Crippen molar-refractivity contribution in [3.05, 3.63) is 58.1 Å². The van der Waals surface area contributed by atoms with Crippen LogP contribution in [0.25, 0.3) is 6.08 Å². The molecule has 0 radical (unpaired) electrons. The minimum atomic E-state index is -1.12. The maximum absolute atomic E-state index is 12.5. The average Bonchev–Trinajstić information content (AvgIpc) is 2.69. The highest BCUT2D eigenvalue weighted by Crippen LogP contribution is 2.34. The number of anilines is 1. The van der Waals surface area contributed by atoms with Crippen LogP contribution in [0.1, 0.15) is 29.8 Å². The van der Waals surface area contributed by atoms with Gasteiger partial charge in [-0.2, -0.15) is 5.26 Å². The van der Waals surface area contributed by atoms with Gasteiger partial charge in [0.25, 0.3) is 5.91 Å². The number of rotatable bonds is 8. The van der Waals surface area contributed by atoms with E-state index in [1.165, 1.54) is 30.3 Å². The van der Waals surface area contributed by atoms with Crippen LogP contribution < -0.4 is 14.8 Å². The van der Waals surface area contributed by atoms with Crippen molar-refractivity contribution in [3.63, 3.8) is 0 Å². The van der Waals surface area contributed by atoms with Gasteiger partial charge < -0.3 is 19.9 Å². The second kappa shape index (κ2) is 10.2. The molecule has 150 valence electrons. The first kappa shape index (κ1) is 21.8. The first-order valence-electron chi connectivity index (χ1n) is 8.75. The van der Waals surface area contributed by atoms with E-state index in [1.807, 2.05) is 19.9 Å². The van der Waals surface area contributed by atoms with Gasteiger partial charge in [-0.1, -0.05) is 17.7 Å². The molecule has 2 N–H and O–H groups in total. The third-order valence-electron chi connectivity index (χ3n) is 3.70. The quantitative estimate of drug-likeness (QED) is 0.490. The molecule has 0 atom stereocenters. The van der Waals surface area contributed by atoms with Crippen LogP contribution in [0, 0.1) is 11.3 Å². The molecule has 29 heavy (non-hydrogen) atoms. The molecule has 0 aliphatic rings. The van der Waals surface area contributed by atoms with Crippen LogP contribution in [-0.4, -0.2) is 30.2 Å². The Labute approximate surface area is 173 Å². The minimum absolute atomic E-state index is 0.0150. The van der Waals surface area contributed by atoms with E-state index in [1.54, 1.807) is 12.1 Å². The van der Waals surface area contributed by atoms with Gasteiger partial charge in [-0.15, -0.1) is 0 Å². The molecule has 0 heterocycles. The topological polar surface area (TPSA) is 109 Å². The van der Waals surface area contributed by atoms with Crippen molar-refractivity contribution in [2.75, 3.05) is 18.5 Å². The largest absolute Gasteiger partial charge is 0.490 e. The number of hydrogen-bond donors (Lipinski definition) is 2. The highest BCUT2D eigenvalue weighted by molar-refractivity contribution is 6.32. The smallest absolute Gasteiger partial charge is 0.335 e. The number of halogens is 1. The lowest BCUT2D eigenvalue weighted by atomic mass is 10.1. The maximum Gasteiger partial charge on any atom is 0.335 e. The normalized spacial score (nSPS) is 10.8. The molecule has 2 aromatic rings. The van der Waals surface area contributed by atoms with Crippen LogP contribution in [0.5, 0.6) is 11.5 Å². The van der Waals surface area contributed by atoms with E-state index in [-0.39, 0.29) is 21.8 Å². The number of carbonyl (C=O) groups is 2. The molecular weight excluding hydrogens is 396 g/mol. The zero-order valence-electron chi connectivity index (χ0n) is 15.9. The maximum atomic E-state index is 12.5. The van der Waals surface area contributed by atoms with Gasteiger partial charge in [0.15, 0.2) is 11.5 Å². The predicted octanol–water partition coefficient (Wildman–Crippen LogP) is 4.38. The van der Waals surface area contributed by atoms with Gasteiger partial charge in [0, 0.05) is 11.8 Å². The van der Waals surface area contributed by atoms with E-state index in [2.05, 4.69) is 5.32 Å². The second-order valence-corrected chi connectivity index (χ2v) is 6.10. The van der Waals surface area contributed by atoms with Crippen molar-refractivity contribution in [1.29, 1.82) is 5.26 Å². The van der Waals surface area contributed by atoms with E-state index >= 15 is 0 Å². The number of carboxylic acids is 1. The molecule has 0 unspecified atom stereocenters. The highest BCUT2D eigenvalue weighted by atomic mass is 35.5. The molecule has 7 nitrogen and oxygen atoms in total. The zero-order chi connectivity index (χ0) is 21.4. The van der Waals surface area contributed by atoms with E-state index in [4.69, 9.17) is 26.2 Å². The number of nitrogens with one attached hydrogen (secondary N) is 1. The Morgan fingerprint density at radius 2 is 1.83 bits per heavy atom. The van der Waals surface area contributed by atoms with E-state index in [0.717, 1.165) is 0 Å². The number of hydrogen-bond acceptors (Lipinski definition) is 5. The Bertz CT molecular complexity index is 995. The van der Waals surface area contributed by atoms with Crippen LogP contribution >= 0.6 is 11.6 Å². The summed E-state index contributed by atoms with van der Waals surface area (Å²) in [5.41, 5.74) is 0.467. The molecule has 1 amide bonds. The lowest BCUT2D eigenvalue weighted by molar-refractivity contribution is -0.112. The van der Waals surface area contributed by atoms with Gasteiger partial charge in [0.05, 0.1) is 23.8 Å². The Morgan fingerprint density at radius 3 is 2.41 bits per heavy atom. The second-order valence-electron chi connectivity index (χ2n) is 5.70. The van der Waals surface area contributed by atoms with Gasteiger partial charge in [-0.3, -0.25) is 4.79 Å². The summed E-state index contributed by atoms with van der Waals surface area (Å²) < 4.78 is 11.0. The van der Waals surface area contributed by atoms with Gasteiger partial charge >= 0.3 is 5.97 Å². The number of carboxylic acid groups (broad SMARTS) is 1. The van der Waals surface area contributed by atoms with Crippen molar-refractivity contribution in [3.8, 4) is 17.6 Å². The van der Waals surface area contributed by atoms with Crippen LogP contribution in [0.15, 0.2) is 42.0 Å². The summed E-state index contributed by atoms with van der Waals surface area (Å²) >= 11 is 6.27. The fourth-order valence-corrected chi connectivity index (χ4v) is 2.64. The first-order chi connectivity index (χ1) is 13.9. The summed E-state index contributed by atoms with van der Waals surface area (Å²) in [5.74, 6) is -0.915. The number of nitriles is 1.